The second-order valence-electron chi connectivity index (χ2n) is 9.97. The maximum Gasteiger partial charge on any atom is 0.582 e. The summed E-state index contributed by atoms with van der Waals surface area (Å²) < 4.78 is 78.8. The topological polar surface area (TPSA) is 252 Å². The summed E-state index contributed by atoms with van der Waals surface area (Å²) in [5.74, 6) is -0.177. The number of ether oxygens (including phenoxy) is 3. The van der Waals surface area contributed by atoms with E-state index in [0.29, 0.717) is 0 Å². The number of aromatic nitrogens is 8. The molecule has 2 saturated heterocycles. The number of imidazole rings is 2. The highest BCUT2D eigenvalue weighted by molar-refractivity contribution is 8.39. The fourth-order valence-electron chi connectivity index (χ4n) is 5.15. The Bertz CT molecular complexity index is 1890. The summed E-state index contributed by atoms with van der Waals surface area (Å²) in [4.78, 5) is 45.4. The number of alkyl halides is 2. The predicted octanol–water partition coefficient (Wildman–Crippen LogP) is 0.832. The fourth-order valence-corrected chi connectivity index (χ4v) is 7.34. The van der Waals surface area contributed by atoms with Gasteiger partial charge in [0, 0.05) is 7.11 Å². The SMILES string of the molecule is COC[C@H]1O[C@@H](n2cnc3c(=O)[nH]c(N)nc32)[C@H](F)[C@@H]1OP(O)(=S)OC[C@H]1O[C@@H](n2cnc3c(N)ncnc32)[C@H](O[P+](=O)S)[C@@H]1F. The number of nitrogens with zero attached hydrogens (tertiary/aromatic N) is 7. The van der Waals surface area contributed by atoms with Crippen molar-refractivity contribution < 1.29 is 46.0 Å². The number of aromatic amines is 1. The van der Waals surface area contributed by atoms with Crippen LogP contribution in [0.3, 0.4) is 0 Å². The summed E-state index contributed by atoms with van der Waals surface area (Å²) in [6.45, 7) is -5.23. The highest BCUT2D eigenvalue weighted by atomic mass is 32.7. The molecule has 6 rings (SSSR count). The fraction of sp³-hybridized carbons (Fsp3) is 0.524. The Morgan fingerprint density at radius 1 is 1.07 bits per heavy atom. The van der Waals surface area contributed by atoms with E-state index in [9.17, 15) is 14.3 Å². The maximum absolute atomic E-state index is 15.9. The highest BCUT2D eigenvalue weighted by Crippen LogP contribution is 2.51. The number of hydrogen-bond donors (Lipinski definition) is 5. The van der Waals surface area contributed by atoms with Gasteiger partial charge >= 0.3 is 13.9 Å². The lowest BCUT2D eigenvalue weighted by atomic mass is 10.1. The molecule has 2 unspecified atom stereocenters. The van der Waals surface area contributed by atoms with Crippen LogP contribution in [0.15, 0.2) is 23.8 Å². The minimum atomic E-state index is -4.33. The summed E-state index contributed by atoms with van der Waals surface area (Å²) in [5, 5.41) is 0. The Morgan fingerprint density at radius 2 is 1.76 bits per heavy atom. The van der Waals surface area contributed by atoms with Crippen molar-refractivity contribution in [3.05, 3.63) is 29.3 Å². The van der Waals surface area contributed by atoms with E-state index >= 15 is 8.78 Å². The van der Waals surface area contributed by atoms with Crippen LogP contribution in [0.4, 0.5) is 20.5 Å². The smallest absolute Gasteiger partial charge is 0.382 e. The third-order valence-electron chi connectivity index (χ3n) is 7.12. The van der Waals surface area contributed by atoms with Crippen LogP contribution < -0.4 is 17.0 Å². The van der Waals surface area contributed by atoms with Crippen molar-refractivity contribution in [1.29, 1.82) is 0 Å². The first kappa shape index (κ1) is 33.1. The van der Waals surface area contributed by atoms with Gasteiger partial charge in [-0.1, -0.05) is 0 Å². The Morgan fingerprint density at radius 3 is 2.48 bits per heavy atom. The molecule has 2 aliphatic heterocycles. The molecule has 2 fully saturated rings. The van der Waals surface area contributed by atoms with Crippen molar-refractivity contribution in [2.75, 3.05) is 31.8 Å². The van der Waals surface area contributed by atoms with Crippen LogP contribution >= 0.6 is 26.2 Å². The largest absolute Gasteiger partial charge is 0.582 e. The van der Waals surface area contributed by atoms with E-state index in [1.807, 2.05) is 0 Å². The number of halogens is 2. The zero-order valence-electron chi connectivity index (χ0n) is 23.3. The third-order valence-corrected chi connectivity index (χ3v) is 9.38. The van der Waals surface area contributed by atoms with Gasteiger partial charge in [-0.15, -0.1) is 4.52 Å². The van der Waals surface area contributed by atoms with Crippen LogP contribution in [0, 0.1) is 0 Å². The quantitative estimate of drug-likeness (QED) is 0.106. The molecule has 10 atom stereocenters. The van der Waals surface area contributed by atoms with E-state index in [1.54, 1.807) is 0 Å². The van der Waals surface area contributed by atoms with E-state index < -0.39 is 75.3 Å². The molecule has 4 aromatic rings. The standard InChI is InChI=1S/C21H24F2N10O9P2S2/c1-37-2-8-13(10(23)19(40-8)33-6-29-12-17(33)30-21(25)31-18(12)34)42-44(36,46)38-3-7-9(22)14(41-43(35)45)20(39-7)32-5-28-11-15(24)26-4-27-16(11)32/h4-10,13-14,19-20H,2-3H2,1H3,(H6-,24,25,26,27,30,31,34,35,36,45,46)/p+1/t7-,8-,9-,10-,13-,14-,19-,20-,44?/m1/s1. The molecular weight excluding hydrogens is 700 g/mol. The number of nitrogens with one attached hydrogen (secondary N) is 1. The Labute approximate surface area is 267 Å². The second kappa shape index (κ2) is 13.0. The lowest BCUT2D eigenvalue weighted by Gasteiger charge is -2.25. The van der Waals surface area contributed by atoms with Crippen molar-refractivity contribution in [3.8, 4) is 0 Å². The molecule has 0 aliphatic carbocycles. The van der Waals surface area contributed by atoms with Gasteiger partial charge in [-0.3, -0.25) is 23.4 Å². The molecule has 0 amide bonds. The number of hydrogen-bond acceptors (Lipinski definition) is 16. The van der Waals surface area contributed by atoms with Crippen molar-refractivity contribution in [1.82, 2.24) is 39.0 Å². The van der Waals surface area contributed by atoms with Gasteiger partial charge in [-0.2, -0.15) is 4.98 Å². The lowest BCUT2D eigenvalue weighted by molar-refractivity contribution is -0.0564. The summed E-state index contributed by atoms with van der Waals surface area (Å²) >= 11 is 8.86. The molecule has 6 heterocycles. The number of fused-ring (bicyclic) bond motifs is 2. The molecule has 0 spiro atoms. The summed E-state index contributed by atoms with van der Waals surface area (Å²) in [6, 6.07) is 0. The maximum atomic E-state index is 15.9. The predicted molar refractivity (Wildman–Crippen MR) is 161 cm³/mol. The molecule has 0 bridgehead atoms. The van der Waals surface area contributed by atoms with E-state index in [-0.39, 0.29) is 40.7 Å². The molecule has 25 heteroatoms. The zero-order valence-corrected chi connectivity index (χ0v) is 26.8. The van der Waals surface area contributed by atoms with Gasteiger partial charge in [0.1, 0.15) is 42.4 Å². The first-order valence-electron chi connectivity index (χ1n) is 13.1. The van der Waals surface area contributed by atoms with Crippen LogP contribution in [0.1, 0.15) is 12.5 Å². The minimum absolute atomic E-state index is 0.0562. The molecule has 4 aromatic heterocycles. The van der Waals surface area contributed by atoms with E-state index in [4.69, 9.17) is 51.1 Å². The lowest BCUT2D eigenvalue weighted by Crippen LogP contribution is -2.34. The molecule has 0 aromatic carbocycles. The van der Waals surface area contributed by atoms with E-state index in [1.165, 1.54) is 24.3 Å². The van der Waals surface area contributed by atoms with Gasteiger partial charge in [0.25, 0.3) is 5.56 Å². The van der Waals surface area contributed by atoms with Gasteiger partial charge < -0.3 is 35.1 Å². The molecule has 0 radical (unpaired) electrons. The zero-order chi connectivity index (χ0) is 32.9. The number of nitrogens with two attached hydrogens (primary N) is 2. The average Bonchev–Trinajstić information content (AvgIpc) is 3.74. The summed E-state index contributed by atoms with van der Waals surface area (Å²) in [7, 11) is -1.27. The average molecular weight is 726 g/mol. The molecule has 46 heavy (non-hydrogen) atoms. The first-order valence-corrected chi connectivity index (χ1v) is 18.0. The number of rotatable bonds is 11. The first-order chi connectivity index (χ1) is 21.9. The monoisotopic (exact) mass is 725 g/mol. The van der Waals surface area contributed by atoms with Crippen LogP contribution in [0.2, 0.25) is 0 Å². The van der Waals surface area contributed by atoms with Crippen molar-refractivity contribution in [3.63, 3.8) is 0 Å². The van der Waals surface area contributed by atoms with E-state index in [2.05, 4.69) is 42.2 Å². The van der Waals surface area contributed by atoms with Crippen molar-refractivity contribution in [2.45, 2.75) is 49.2 Å². The van der Waals surface area contributed by atoms with Crippen LogP contribution in [0.25, 0.3) is 22.3 Å². The summed E-state index contributed by atoms with van der Waals surface area (Å²) in [5.41, 5.74) is 11.0. The molecule has 19 nitrogen and oxygen atoms in total. The summed E-state index contributed by atoms with van der Waals surface area (Å²) in [6.07, 6.45) is -8.81. The number of thiol groups is 1. The molecule has 2 aliphatic rings. The minimum Gasteiger partial charge on any atom is -0.382 e. The van der Waals surface area contributed by atoms with Crippen molar-refractivity contribution in [2.24, 2.45) is 0 Å². The van der Waals surface area contributed by atoms with Crippen LogP contribution in [0.5, 0.6) is 0 Å². The van der Waals surface area contributed by atoms with Gasteiger partial charge in [-0.05, 0) is 16.4 Å². The molecule has 0 saturated carbocycles. The van der Waals surface area contributed by atoms with Crippen LogP contribution in [-0.2, 0) is 44.2 Å². The number of methoxy groups -OCH3 is 1. The van der Waals surface area contributed by atoms with Gasteiger partial charge in [0.2, 0.25) is 5.95 Å². The number of anilines is 2. The Balaban J connectivity index is 1.18. The molecule has 6 N–H and O–H groups in total. The number of H-pyrrole nitrogens is 1. The van der Waals surface area contributed by atoms with Gasteiger partial charge in [0.05, 0.1) is 25.9 Å². The van der Waals surface area contributed by atoms with Crippen molar-refractivity contribution >= 4 is 72.1 Å². The number of nitrogen functional groups attached to an aromatic ring is 2. The second-order valence-corrected chi connectivity index (χ2v) is 14.4. The van der Waals surface area contributed by atoms with Gasteiger partial charge in [-0.25, -0.2) is 28.7 Å². The van der Waals surface area contributed by atoms with E-state index in [0.717, 1.165) is 10.9 Å². The highest BCUT2D eigenvalue weighted by Gasteiger charge is 2.53. The molecular formula is C21H25F2N10O9P2S2+. The van der Waals surface area contributed by atoms with Crippen LogP contribution in [-0.4, -0.2) is 101 Å². The van der Waals surface area contributed by atoms with Gasteiger partial charge in [0.15, 0.2) is 53.5 Å². The molecule has 248 valence electrons. The third kappa shape index (κ3) is 6.24. The Kier molecular flexibility index (Phi) is 9.35. The Hall–Kier alpha value is -2.82. The normalized spacial score (nSPS) is 29.9.